The molecule has 0 aliphatic heterocycles. The number of nitrogens with one attached hydrogen (secondary N) is 1. The van der Waals surface area contributed by atoms with Crippen molar-refractivity contribution in [1.29, 1.82) is 0 Å². The highest BCUT2D eigenvalue weighted by Crippen LogP contribution is 2.24. The molecule has 0 fully saturated rings. The van der Waals surface area contributed by atoms with Crippen LogP contribution in [0.4, 0.5) is 5.69 Å². The molecule has 2 aromatic carbocycles. The topological polar surface area (TPSA) is 107 Å². The Bertz CT molecular complexity index is 1040. The minimum atomic E-state index is -0.526. The predicted octanol–water partition coefficient (Wildman–Crippen LogP) is 3.81. The molecule has 3 aromatic rings. The van der Waals surface area contributed by atoms with E-state index in [4.69, 9.17) is 9.15 Å². The molecule has 0 radical (unpaired) electrons. The maximum absolute atomic E-state index is 12.2. The van der Waals surface area contributed by atoms with Crippen LogP contribution in [0.1, 0.15) is 28.6 Å². The summed E-state index contributed by atoms with van der Waals surface area (Å²) in [5.74, 6) is 0.268. The van der Waals surface area contributed by atoms with E-state index in [1.54, 1.807) is 43.3 Å². The van der Waals surface area contributed by atoms with Crippen LogP contribution < -0.4 is 10.2 Å². The van der Waals surface area contributed by atoms with Gasteiger partial charge in [-0.15, -0.1) is 0 Å². The lowest BCUT2D eigenvalue weighted by Gasteiger charge is -2.00. The van der Waals surface area contributed by atoms with E-state index in [9.17, 15) is 14.9 Å². The van der Waals surface area contributed by atoms with Crippen molar-refractivity contribution in [2.24, 2.45) is 5.10 Å². The number of nitro groups is 1. The standard InChI is InChI=1S/C19H17N3O5/c1-3-26-15-6-7-17-14(9-15)10-18(27-17)19(23)21-20-11-13-5-4-12(2)16(8-13)22(24)25/h4-11H,3H2,1-2H3,(H,21,23)/b20-11+. The van der Waals surface area contributed by atoms with Crippen LogP contribution in [0.25, 0.3) is 11.0 Å². The van der Waals surface area contributed by atoms with Gasteiger partial charge in [0.05, 0.1) is 17.7 Å². The quantitative estimate of drug-likeness (QED) is 0.405. The first-order valence-electron chi connectivity index (χ1n) is 8.22. The largest absolute Gasteiger partial charge is 0.494 e. The summed E-state index contributed by atoms with van der Waals surface area (Å²) in [6.45, 7) is 4.08. The first-order valence-corrected chi connectivity index (χ1v) is 8.22. The van der Waals surface area contributed by atoms with Crippen LogP contribution in [0, 0.1) is 17.0 Å². The smallest absolute Gasteiger partial charge is 0.307 e. The van der Waals surface area contributed by atoms with Crippen LogP contribution in [-0.2, 0) is 0 Å². The fourth-order valence-corrected chi connectivity index (χ4v) is 2.51. The molecule has 8 heteroatoms. The molecule has 0 saturated heterocycles. The first-order chi connectivity index (χ1) is 13.0. The van der Waals surface area contributed by atoms with Gasteiger partial charge in [0, 0.05) is 22.6 Å². The van der Waals surface area contributed by atoms with Crippen molar-refractivity contribution in [3.05, 3.63) is 69.5 Å². The highest BCUT2D eigenvalue weighted by Gasteiger charge is 2.13. The normalized spacial score (nSPS) is 11.0. The molecule has 0 unspecified atom stereocenters. The number of carbonyl (C=O) groups excluding carboxylic acids is 1. The Hall–Kier alpha value is -3.68. The zero-order chi connectivity index (χ0) is 19.4. The number of fused-ring (bicyclic) bond motifs is 1. The molecule has 27 heavy (non-hydrogen) atoms. The average Bonchev–Trinajstić information content (AvgIpc) is 3.06. The highest BCUT2D eigenvalue weighted by atomic mass is 16.6. The van der Waals surface area contributed by atoms with Crippen LogP contribution in [0.15, 0.2) is 52.0 Å². The second-order valence-electron chi connectivity index (χ2n) is 5.75. The Morgan fingerprint density at radius 2 is 2.11 bits per heavy atom. The Morgan fingerprint density at radius 3 is 2.85 bits per heavy atom. The summed E-state index contributed by atoms with van der Waals surface area (Å²) in [5, 5.41) is 15.5. The molecule has 0 bridgehead atoms. The van der Waals surface area contributed by atoms with Crippen LogP contribution in [0.3, 0.4) is 0 Å². The first kappa shape index (κ1) is 18.1. The average molecular weight is 367 g/mol. The fraction of sp³-hybridized carbons (Fsp3) is 0.158. The number of hydrazone groups is 1. The van der Waals surface area contributed by atoms with Crippen LogP contribution in [0.2, 0.25) is 0 Å². The van der Waals surface area contributed by atoms with Crippen molar-refractivity contribution in [1.82, 2.24) is 5.43 Å². The van der Waals surface area contributed by atoms with Gasteiger partial charge in [-0.05, 0) is 38.1 Å². The summed E-state index contributed by atoms with van der Waals surface area (Å²) >= 11 is 0. The number of hydrogen-bond donors (Lipinski definition) is 1. The number of hydrogen-bond acceptors (Lipinski definition) is 6. The maximum Gasteiger partial charge on any atom is 0.307 e. The van der Waals surface area contributed by atoms with Crippen LogP contribution in [-0.4, -0.2) is 23.7 Å². The molecule has 1 amide bonds. The molecule has 0 aliphatic rings. The molecule has 1 aromatic heterocycles. The van der Waals surface area contributed by atoms with E-state index in [0.29, 0.717) is 29.1 Å². The lowest BCUT2D eigenvalue weighted by molar-refractivity contribution is -0.385. The third-order valence-corrected chi connectivity index (χ3v) is 3.83. The molecular formula is C19H17N3O5. The molecule has 1 heterocycles. The van der Waals surface area contributed by atoms with Crippen LogP contribution >= 0.6 is 0 Å². The maximum atomic E-state index is 12.2. The van der Waals surface area contributed by atoms with Gasteiger partial charge < -0.3 is 9.15 Å². The summed E-state index contributed by atoms with van der Waals surface area (Å²) in [6, 6.07) is 11.6. The van der Waals surface area contributed by atoms with E-state index in [2.05, 4.69) is 10.5 Å². The number of benzene rings is 2. The lowest BCUT2D eigenvalue weighted by Crippen LogP contribution is -2.16. The number of nitrogens with zero attached hydrogens (tertiary/aromatic N) is 2. The van der Waals surface area contributed by atoms with Gasteiger partial charge in [0.15, 0.2) is 5.76 Å². The van der Waals surface area contributed by atoms with Gasteiger partial charge in [-0.1, -0.05) is 12.1 Å². The summed E-state index contributed by atoms with van der Waals surface area (Å²) in [4.78, 5) is 22.7. The second kappa shape index (κ2) is 7.69. The van der Waals surface area contributed by atoms with Crippen LogP contribution in [0.5, 0.6) is 5.75 Å². The molecule has 1 N–H and O–H groups in total. The molecule has 0 atom stereocenters. The molecule has 8 nitrogen and oxygen atoms in total. The van der Waals surface area contributed by atoms with Crippen molar-refractivity contribution in [2.45, 2.75) is 13.8 Å². The van der Waals surface area contributed by atoms with Crippen molar-refractivity contribution in [3.63, 3.8) is 0 Å². The van der Waals surface area contributed by atoms with E-state index < -0.39 is 10.8 Å². The number of nitro benzene ring substituents is 1. The Labute approximate surface area is 154 Å². The SMILES string of the molecule is CCOc1ccc2oc(C(=O)N/N=C/c3ccc(C)c([N+](=O)[O-])c3)cc2c1. The van der Waals surface area contributed by atoms with E-state index in [1.165, 1.54) is 12.3 Å². The third-order valence-electron chi connectivity index (χ3n) is 3.83. The Morgan fingerprint density at radius 1 is 1.30 bits per heavy atom. The Kier molecular flexibility index (Phi) is 5.16. The summed E-state index contributed by atoms with van der Waals surface area (Å²) in [7, 11) is 0. The lowest BCUT2D eigenvalue weighted by atomic mass is 10.1. The van der Waals surface area contributed by atoms with E-state index in [-0.39, 0.29) is 11.4 Å². The second-order valence-corrected chi connectivity index (χ2v) is 5.75. The molecular weight excluding hydrogens is 350 g/mol. The van der Waals surface area contributed by atoms with Gasteiger partial charge in [-0.3, -0.25) is 14.9 Å². The van der Waals surface area contributed by atoms with Gasteiger partial charge in [0.25, 0.3) is 5.69 Å². The molecule has 0 saturated carbocycles. The number of carbonyl (C=O) groups is 1. The number of amides is 1. The van der Waals surface area contributed by atoms with Crippen molar-refractivity contribution in [3.8, 4) is 5.75 Å². The van der Waals surface area contributed by atoms with Gasteiger partial charge >= 0.3 is 5.91 Å². The number of aryl methyl sites for hydroxylation is 1. The molecule has 138 valence electrons. The van der Waals surface area contributed by atoms with E-state index in [0.717, 1.165) is 5.39 Å². The fourth-order valence-electron chi connectivity index (χ4n) is 2.51. The van der Waals surface area contributed by atoms with Gasteiger partial charge in [-0.2, -0.15) is 5.10 Å². The molecule has 0 aliphatic carbocycles. The third kappa shape index (κ3) is 4.12. The zero-order valence-electron chi connectivity index (χ0n) is 14.8. The monoisotopic (exact) mass is 367 g/mol. The molecule has 3 rings (SSSR count). The minimum Gasteiger partial charge on any atom is -0.494 e. The summed E-state index contributed by atoms with van der Waals surface area (Å²) < 4.78 is 10.9. The predicted molar refractivity (Wildman–Crippen MR) is 100 cm³/mol. The van der Waals surface area contributed by atoms with Crippen molar-refractivity contribution in [2.75, 3.05) is 6.61 Å². The van der Waals surface area contributed by atoms with Crippen molar-refractivity contribution < 1.29 is 18.9 Å². The number of furan rings is 1. The zero-order valence-corrected chi connectivity index (χ0v) is 14.8. The highest BCUT2D eigenvalue weighted by molar-refractivity contribution is 5.96. The molecule has 0 spiro atoms. The van der Waals surface area contributed by atoms with Gasteiger partial charge in [0.2, 0.25) is 0 Å². The minimum absolute atomic E-state index is 0.00679. The van der Waals surface area contributed by atoms with Crippen molar-refractivity contribution >= 4 is 28.8 Å². The van der Waals surface area contributed by atoms with Gasteiger partial charge in [-0.25, -0.2) is 5.43 Å². The Balaban J connectivity index is 1.72. The number of ether oxygens (including phenoxy) is 1. The van der Waals surface area contributed by atoms with E-state index in [1.807, 2.05) is 6.92 Å². The number of rotatable bonds is 6. The summed E-state index contributed by atoms with van der Waals surface area (Å²) in [5.41, 5.74) is 3.95. The van der Waals surface area contributed by atoms with E-state index >= 15 is 0 Å². The van der Waals surface area contributed by atoms with Gasteiger partial charge in [0.1, 0.15) is 11.3 Å². The summed E-state index contributed by atoms with van der Waals surface area (Å²) in [6.07, 6.45) is 1.33.